The van der Waals surface area contributed by atoms with Crippen LogP contribution in [0.4, 0.5) is 0 Å². The van der Waals surface area contributed by atoms with E-state index >= 15 is 0 Å². The van der Waals surface area contributed by atoms with Gasteiger partial charge < -0.3 is 14.2 Å². The molecule has 0 amide bonds. The van der Waals surface area contributed by atoms with Gasteiger partial charge in [0.15, 0.2) is 6.61 Å². The normalized spacial score (nSPS) is 49.4. The third-order valence-electron chi connectivity index (χ3n) is 10.6. The fourth-order valence-corrected chi connectivity index (χ4v) is 9.49. The highest BCUT2D eigenvalue weighted by atomic mass is 16.6. The third kappa shape index (κ3) is 3.00. The Morgan fingerprint density at radius 1 is 0.906 bits per heavy atom. The molecule has 0 spiro atoms. The van der Waals surface area contributed by atoms with Gasteiger partial charge in [-0.2, -0.15) is 0 Å². The van der Waals surface area contributed by atoms with Crippen LogP contribution < -0.4 is 0 Å². The molecule has 6 heteroatoms. The molecule has 0 N–H and O–H groups in total. The van der Waals surface area contributed by atoms with E-state index in [0.717, 1.165) is 43.4 Å². The molecule has 6 aliphatic rings. The summed E-state index contributed by atoms with van der Waals surface area (Å²) in [5.41, 5.74) is 0. The third-order valence-corrected chi connectivity index (χ3v) is 10.6. The zero-order valence-corrected chi connectivity index (χ0v) is 19.2. The van der Waals surface area contributed by atoms with Crippen molar-refractivity contribution in [3.05, 3.63) is 0 Å². The molecule has 1 heterocycles. The summed E-state index contributed by atoms with van der Waals surface area (Å²) in [6, 6.07) is 0. The molecule has 6 nitrogen and oxygen atoms in total. The lowest BCUT2D eigenvalue weighted by atomic mass is 9.70. The largest absolute Gasteiger partial charge is 0.463 e. The van der Waals surface area contributed by atoms with Gasteiger partial charge in [-0.05, 0) is 73.5 Å². The summed E-state index contributed by atoms with van der Waals surface area (Å²) in [4.78, 5) is 37.3. The number of fused-ring (bicyclic) bond motifs is 6. The zero-order chi connectivity index (χ0) is 22.1. The van der Waals surface area contributed by atoms with E-state index in [-0.39, 0.29) is 49.0 Å². The molecule has 176 valence electrons. The van der Waals surface area contributed by atoms with Crippen LogP contribution in [-0.2, 0) is 28.6 Å². The average Bonchev–Trinajstić information content (AvgIpc) is 3.58. The lowest BCUT2D eigenvalue weighted by Gasteiger charge is -2.34. The molecule has 6 rings (SSSR count). The summed E-state index contributed by atoms with van der Waals surface area (Å²) in [6.07, 6.45) is 7.86. The van der Waals surface area contributed by atoms with Crippen LogP contribution in [0.25, 0.3) is 0 Å². The van der Waals surface area contributed by atoms with Crippen molar-refractivity contribution < 1.29 is 28.6 Å². The standard InChI is InChI=1S/C26H36O6/c1-3-12-5-13(4-2)23-16-7-15(22(12)23)8-17(16)25(28)31-11-21(27)30-10-19-14-6-18-20(9-14)32-26(29)24(18)19/h12-20,22-24H,3-11H2,1-2H3. The van der Waals surface area contributed by atoms with E-state index in [9.17, 15) is 14.4 Å². The van der Waals surface area contributed by atoms with Crippen molar-refractivity contribution in [3.8, 4) is 0 Å². The lowest BCUT2D eigenvalue weighted by molar-refractivity contribution is -0.164. The first-order valence-electron chi connectivity index (χ1n) is 13.0. The molecule has 0 aromatic rings. The maximum atomic E-state index is 12.9. The van der Waals surface area contributed by atoms with Crippen molar-refractivity contribution >= 4 is 17.9 Å². The minimum atomic E-state index is -0.497. The van der Waals surface area contributed by atoms with Crippen LogP contribution in [0, 0.1) is 65.1 Å². The van der Waals surface area contributed by atoms with Gasteiger partial charge in [-0.25, -0.2) is 4.79 Å². The van der Waals surface area contributed by atoms with Gasteiger partial charge in [0.1, 0.15) is 6.10 Å². The maximum absolute atomic E-state index is 12.9. The van der Waals surface area contributed by atoms with E-state index in [4.69, 9.17) is 14.2 Å². The molecule has 6 fully saturated rings. The number of hydrogen-bond acceptors (Lipinski definition) is 6. The first-order valence-corrected chi connectivity index (χ1v) is 13.0. The quantitative estimate of drug-likeness (QED) is 0.441. The Kier molecular flexibility index (Phi) is 5.07. The molecule has 1 saturated heterocycles. The molecule has 0 aromatic heterocycles. The molecule has 5 aliphatic carbocycles. The van der Waals surface area contributed by atoms with Crippen LogP contribution in [0.5, 0.6) is 0 Å². The molecule has 12 atom stereocenters. The van der Waals surface area contributed by atoms with Gasteiger partial charge in [-0.15, -0.1) is 0 Å². The van der Waals surface area contributed by atoms with Crippen molar-refractivity contribution in [3.63, 3.8) is 0 Å². The molecule has 0 aromatic carbocycles. The maximum Gasteiger partial charge on any atom is 0.344 e. The minimum absolute atomic E-state index is 0.0468. The molecule has 12 unspecified atom stereocenters. The van der Waals surface area contributed by atoms with E-state index in [1.807, 2.05) is 0 Å². The number of esters is 3. The molecular formula is C26H36O6. The monoisotopic (exact) mass is 444 g/mol. The van der Waals surface area contributed by atoms with E-state index in [0.29, 0.717) is 29.6 Å². The summed E-state index contributed by atoms with van der Waals surface area (Å²) in [5.74, 6) is 3.92. The Morgan fingerprint density at radius 2 is 1.66 bits per heavy atom. The smallest absolute Gasteiger partial charge is 0.344 e. The molecule has 1 aliphatic heterocycles. The van der Waals surface area contributed by atoms with Crippen molar-refractivity contribution in [1.29, 1.82) is 0 Å². The van der Waals surface area contributed by atoms with Crippen LogP contribution in [-0.4, -0.2) is 37.2 Å². The SMILES string of the molecule is CCC1CC(CC)C2C3CC(CC3C(=O)OCC(=O)OCC3C4CC5OC(=O)C3C5C4)C12. The number of ether oxygens (including phenoxy) is 3. The second-order valence-electron chi connectivity index (χ2n) is 11.6. The Hall–Kier alpha value is -1.59. The second-order valence-corrected chi connectivity index (χ2v) is 11.6. The van der Waals surface area contributed by atoms with E-state index in [1.54, 1.807) is 0 Å². The average molecular weight is 445 g/mol. The predicted molar refractivity (Wildman–Crippen MR) is 114 cm³/mol. The summed E-state index contributed by atoms with van der Waals surface area (Å²) in [5, 5.41) is 0. The minimum Gasteiger partial charge on any atom is -0.463 e. The highest BCUT2D eigenvalue weighted by Crippen LogP contribution is 2.65. The molecule has 4 bridgehead atoms. The number of hydrogen-bond donors (Lipinski definition) is 0. The Balaban J connectivity index is 1.00. The number of carbonyl (C=O) groups is 3. The Morgan fingerprint density at radius 3 is 2.44 bits per heavy atom. The summed E-state index contributed by atoms with van der Waals surface area (Å²) < 4.78 is 16.4. The molecule has 5 saturated carbocycles. The van der Waals surface area contributed by atoms with Gasteiger partial charge >= 0.3 is 17.9 Å². The van der Waals surface area contributed by atoms with Gasteiger partial charge in [0.05, 0.1) is 18.4 Å². The highest BCUT2D eigenvalue weighted by Gasteiger charge is 2.62. The first kappa shape index (κ1) is 21.0. The first-order chi connectivity index (χ1) is 15.5. The highest BCUT2D eigenvalue weighted by molar-refractivity contribution is 5.79. The summed E-state index contributed by atoms with van der Waals surface area (Å²) >= 11 is 0. The number of rotatable bonds is 7. The van der Waals surface area contributed by atoms with Crippen LogP contribution in [0.2, 0.25) is 0 Å². The fraction of sp³-hybridized carbons (Fsp3) is 0.885. The van der Waals surface area contributed by atoms with Crippen LogP contribution >= 0.6 is 0 Å². The molecule has 0 radical (unpaired) electrons. The summed E-state index contributed by atoms with van der Waals surface area (Å²) in [7, 11) is 0. The van der Waals surface area contributed by atoms with Gasteiger partial charge in [-0.3, -0.25) is 9.59 Å². The van der Waals surface area contributed by atoms with Gasteiger partial charge in [0.25, 0.3) is 0 Å². The van der Waals surface area contributed by atoms with Crippen LogP contribution in [0.3, 0.4) is 0 Å². The van der Waals surface area contributed by atoms with Crippen molar-refractivity contribution in [2.45, 2.75) is 64.9 Å². The number of carbonyl (C=O) groups excluding carboxylic acids is 3. The Bertz CT molecular complexity index is 806. The fourth-order valence-electron chi connectivity index (χ4n) is 9.49. The predicted octanol–water partition coefficient (Wildman–Crippen LogP) is 3.61. The van der Waals surface area contributed by atoms with Crippen molar-refractivity contribution in [2.75, 3.05) is 13.2 Å². The van der Waals surface area contributed by atoms with Gasteiger partial charge in [0.2, 0.25) is 0 Å². The Labute approximate surface area is 190 Å². The van der Waals surface area contributed by atoms with Crippen molar-refractivity contribution in [2.24, 2.45) is 65.1 Å². The van der Waals surface area contributed by atoms with Crippen LogP contribution in [0.1, 0.15) is 58.8 Å². The lowest BCUT2D eigenvalue weighted by Crippen LogP contribution is -2.35. The van der Waals surface area contributed by atoms with E-state index < -0.39 is 5.97 Å². The van der Waals surface area contributed by atoms with E-state index in [2.05, 4.69) is 13.8 Å². The van der Waals surface area contributed by atoms with Gasteiger partial charge in [-0.1, -0.05) is 26.7 Å². The van der Waals surface area contributed by atoms with Crippen LogP contribution in [0.15, 0.2) is 0 Å². The topological polar surface area (TPSA) is 78.9 Å². The molecular weight excluding hydrogens is 408 g/mol. The molecule has 32 heavy (non-hydrogen) atoms. The van der Waals surface area contributed by atoms with Gasteiger partial charge in [0, 0.05) is 11.8 Å². The van der Waals surface area contributed by atoms with Crippen molar-refractivity contribution in [1.82, 2.24) is 0 Å². The second kappa shape index (κ2) is 7.73. The summed E-state index contributed by atoms with van der Waals surface area (Å²) in [6.45, 7) is 4.52. The van der Waals surface area contributed by atoms with E-state index in [1.165, 1.54) is 19.3 Å². The zero-order valence-electron chi connectivity index (χ0n) is 19.2.